The molecule has 0 bridgehead atoms. The molecule has 2 rings (SSSR count). The molecule has 0 radical (unpaired) electrons. The molecular formula is C12H12Cl2N2O2S. The number of aryl methyl sites for hydroxylation is 1. The molecular weight excluding hydrogens is 307 g/mol. The van der Waals surface area contributed by atoms with Crippen molar-refractivity contribution in [3.8, 4) is 0 Å². The molecule has 0 saturated carbocycles. The van der Waals surface area contributed by atoms with Crippen LogP contribution in [0.1, 0.15) is 5.82 Å². The maximum absolute atomic E-state index is 11.0. The van der Waals surface area contributed by atoms with Gasteiger partial charge < -0.3 is 9.67 Å². The van der Waals surface area contributed by atoms with Gasteiger partial charge in [-0.1, -0.05) is 23.2 Å². The number of rotatable bonds is 5. The second kappa shape index (κ2) is 6.03. The van der Waals surface area contributed by atoms with Crippen molar-refractivity contribution in [3.05, 3.63) is 28.0 Å². The zero-order chi connectivity index (χ0) is 14.0. The van der Waals surface area contributed by atoms with E-state index in [4.69, 9.17) is 28.3 Å². The van der Waals surface area contributed by atoms with Crippen LogP contribution < -0.4 is 0 Å². The Morgan fingerprint density at radius 2 is 2.11 bits per heavy atom. The molecule has 0 unspecified atom stereocenters. The Labute approximate surface area is 124 Å². The van der Waals surface area contributed by atoms with E-state index in [0.717, 1.165) is 11.6 Å². The fraction of sp³-hybridized carbons (Fsp3) is 0.333. The van der Waals surface area contributed by atoms with E-state index < -0.39 is 5.97 Å². The van der Waals surface area contributed by atoms with Crippen molar-refractivity contribution < 1.29 is 9.90 Å². The van der Waals surface area contributed by atoms with Gasteiger partial charge in [-0.15, -0.1) is 0 Å². The largest absolute Gasteiger partial charge is 0.480 e. The lowest BCUT2D eigenvalue weighted by molar-refractivity contribution is -0.137. The smallest absolute Gasteiger partial charge is 0.323 e. The Kier molecular flexibility index (Phi) is 4.60. The number of fused-ring (bicyclic) bond motifs is 1. The van der Waals surface area contributed by atoms with Gasteiger partial charge in [-0.3, -0.25) is 4.79 Å². The van der Waals surface area contributed by atoms with Crippen LogP contribution in [0.5, 0.6) is 0 Å². The van der Waals surface area contributed by atoms with Crippen LogP contribution in [0.2, 0.25) is 10.0 Å². The van der Waals surface area contributed by atoms with Crippen LogP contribution in [0.15, 0.2) is 12.1 Å². The number of imidazole rings is 1. The van der Waals surface area contributed by atoms with Gasteiger partial charge in [-0.25, -0.2) is 4.98 Å². The molecule has 0 saturated heterocycles. The molecule has 19 heavy (non-hydrogen) atoms. The van der Waals surface area contributed by atoms with Crippen molar-refractivity contribution >= 4 is 52.0 Å². The second-order valence-electron chi connectivity index (χ2n) is 4.01. The molecule has 0 aliphatic heterocycles. The highest BCUT2D eigenvalue weighted by Crippen LogP contribution is 2.28. The number of thioether (sulfide) groups is 1. The molecule has 4 nitrogen and oxygen atoms in total. The standard InChI is InChI=1S/C12H12Cl2N2O2S/c1-19-3-2-11-15-9-4-7(13)8(14)5-10(9)16(11)6-12(17)18/h4-5H,2-3,6H2,1H3,(H,17,18). The number of hydrogen-bond donors (Lipinski definition) is 1. The van der Waals surface area contributed by atoms with Crippen LogP contribution in [0.25, 0.3) is 11.0 Å². The summed E-state index contributed by atoms with van der Waals surface area (Å²) in [5, 5.41) is 9.83. The number of hydrogen-bond acceptors (Lipinski definition) is 3. The Bertz CT molecular complexity index is 628. The molecule has 1 aromatic heterocycles. The summed E-state index contributed by atoms with van der Waals surface area (Å²) in [7, 11) is 0. The first kappa shape index (κ1) is 14.5. The van der Waals surface area contributed by atoms with Crippen LogP contribution in [0.3, 0.4) is 0 Å². The highest BCUT2D eigenvalue weighted by Gasteiger charge is 2.14. The number of carbonyl (C=O) groups is 1. The van der Waals surface area contributed by atoms with E-state index in [1.807, 2.05) is 6.26 Å². The lowest BCUT2D eigenvalue weighted by atomic mass is 10.3. The topological polar surface area (TPSA) is 55.1 Å². The summed E-state index contributed by atoms with van der Waals surface area (Å²) in [6.45, 7) is -0.127. The minimum absolute atomic E-state index is 0.127. The molecule has 2 aromatic rings. The van der Waals surface area contributed by atoms with Crippen molar-refractivity contribution in [2.45, 2.75) is 13.0 Å². The summed E-state index contributed by atoms with van der Waals surface area (Å²) in [6, 6.07) is 3.33. The summed E-state index contributed by atoms with van der Waals surface area (Å²) in [4.78, 5) is 15.4. The molecule has 0 amide bonds. The second-order valence-corrected chi connectivity index (χ2v) is 5.81. The van der Waals surface area contributed by atoms with E-state index in [-0.39, 0.29) is 6.54 Å². The van der Waals surface area contributed by atoms with E-state index in [2.05, 4.69) is 4.98 Å². The Morgan fingerprint density at radius 3 is 2.74 bits per heavy atom. The van der Waals surface area contributed by atoms with Crippen molar-refractivity contribution in [1.82, 2.24) is 9.55 Å². The fourth-order valence-electron chi connectivity index (χ4n) is 1.87. The number of nitrogens with zero attached hydrogens (tertiary/aromatic N) is 2. The number of carboxylic acids is 1. The van der Waals surface area contributed by atoms with Crippen LogP contribution in [-0.4, -0.2) is 32.6 Å². The minimum Gasteiger partial charge on any atom is -0.480 e. The summed E-state index contributed by atoms with van der Waals surface area (Å²) < 4.78 is 1.68. The van der Waals surface area contributed by atoms with Gasteiger partial charge in [-0.2, -0.15) is 11.8 Å². The zero-order valence-electron chi connectivity index (χ0n) is 10.2. The van der Waals surface area contributed by atoms with Crippen molar-refractivity contribution in [3.63, 3.8) is 0 Å². The average molecular weight is 319 g/mol. The first-order valence-corrected chi connectivity index (χ1v) is 7.72. The number of carboxylic acid groups (broad SMARTS) is 1. The molecule has 0 fully saturated rings. The maximum atomic E-state index is 11.0. The van der Waals surface area contributed by atoms with Gasteiger partial charge >= 0.3 is 5.97 Å². The molecule has 0 aliphatic carbocycles. The predicted octanol–water partition coefficient (Wildman–Crippen LogP) is 3.33. The van der Waals surface area contributed by atoms with Crippen LogP contribution in [0.4, 0.5) is 0 Å². The van der Waals surface area contributed by atoms with E-state index in [1.165, 1.54) is 0 Å². The Balaban J connectivity index is 2.55. The molecule has 1 heterocycles. The lowest BCUT2D eigenvalue weighted by Crippen LogP contribution is -2.12. The third-order valence-electron chi connectivity index (χ3n) is 2.69. The van der Waals surface area contributed by atoms with Gasteiger partial charge in [0, 0.05) is 12.2 Å². The normalized spacial score (nSPS) is 11.1. The summed E-state index contributed by atoms with van der Waals surface area (Å²) in [6.07, 6.45) is 2.70. The van der Waals surface area contributed by atoms with Gasteiger partial charge in [0.1, 0.15) is 12.4 Å². The molecule has 0 aliphatic rings. The van der Waals surface area contributed by atoms with Crippen LogP contribution in [-0.2, 0) is 17.8 Å². The van der Waals surface area contributed by atoms with Gasteiger partial charge in [0.15, 0.2) is 0 Å². The number of aromatic nitrogens is 2. The molecule has 1 N–H and O–H groups in total. The summed E-state index contributed by atoms with van der Waals surface area (Å²) in [5.74, 6) is 0.713. The molecule has 0 atom stereocenters. The minimum atomic E-state index is -0.907. The van der Waals surface area contributed by atoms with E-state index >= 15 is 0 Å². The first-order chi connectivity index (χ1) is 9.02. The van der Waals surface area contributed by atoms with Gasteiger partial charge in [0.05, 0.1) is 21.1 Å². The third kappa shape index (κ3) is 3.16. The fourth-order valence-corrected chi connectivity index (χ4v) is 2.57. The first-order valence-electron chi connectivity index (χ1n) is 5.58. The van der Waals surface area contributed by atoms with Gasteiger partial charge in [-0.05, 0) is 18.4 Å². The zero-order valence-corrected chi connectivity index (χ0v) is 12.5. The van der Waals surface area contributed by atoms with Gasteiger partial charge in [0.25, 0.3) is 0 Å². The average Bonchev–Trinajstić information content (AvgIpc) is 2.65. The van der Waals surface area contributed by atoms with Crippen molar-refractivity contribution in [1.29, 1.82) is 0 Å². The van der Waals surface area contributed by atoms with Crippen molar-refractivity contribution in [2.75, 3.05) is 12.0 Å². The predicted molar refractivity (Wildman–Crippen MR) is 79.5 cm³/mol. The monoisotopic (exact) mass is 318 g/mol. The van der Waals surface area contributed by atoms with Gasteiger partial charge in [0.2, 0.25) is 0 Å². The highest BCUT2D eigenvalue weighted by atomic mass is 35.5. The molecule has 7 heteroatoms. The quantitative estimate of drug-likeness (QED) is 0.918. The molecule has 102 valence electrons. The van der Waals surface area contributed by atoms with E-state index in [1.54, 1.807) is 28.5 Å². The van der Waals surface area contributed by atoms with E-state index in [0.29, 0.717) is 27.5 Å². The Hall–Kier alpha value is -0.910. The number of benzene rings is 1. The van der Waals surface area contributed by atoms with E-state index in [9.17, 15) is 4.79 Å². The highest BCUT2D eigenvalue weighted by molar-refractivity contribution is 7.98. The van der Waals surface area contributed by atoms with Crippen LogP contribution in [0, 0.1) is 0 Å². The summed E-state index contributed by atoms with van der Waals surface area (Å²) >= 11 is 13.6. The number of halogens is 2. The third-order valence-corrected chi connectivity index (χ3v) is 4.03. The van der Waals surface area contributed by atoms with Crippen LogP contribution >= 0.6 is 35.0 Å². The lowest BCUT2D eigenvalue weighted by Gasteiger charge is -2.06. The van der Waals surface area contributed by atoms with Crippen molar-refractivity contribution in [2.24, 2.45) is 0 Å². The Morgan fingerprint density at radius 1 is 1.42 bits per heavy atom. The molecule has 1 aromatic carbocycles. The summed E-state index contributed by atoms with van der Waals surface area (Å²) in [5.41, 5.74) is 1.37. The maximum Gasteiger partial charge on any atom is 0.323 e. The SMILES string of the molecule is CSCCc1nc2cc(Cl)c(Cl)cc2n1CC(=O)O. The molecule has 0 spiro atoms. The number of aliphatic carboxylic acids is 1.